The van der Waals surface area contributed by atoms with Gasteiger partial charge in [-0.3, -0.25) is 9.11 Å². The maximum atomic E-state index is 11.5. The van der Waals surface area contributed by atoms with Crippen LogP contribution in [0, 0.1) is 0 Å². The molecule has 0 radical (unpaired) electrons. The summed E-state index contributed by atoms with van der Waals surface area (Å²) in [6.45, 7) is 2.03. The van der Waals surface area contributed by atoms with E-state index in [9.17, 15) is 9.59 Å². The molecule has 2 unspecified atom stereocenters. The number of benzene rings is 2. The molecule has 0 amide bonds. The fourth-order valence-electron chi connectivity index (χ4n) is 3.30. The Morgan fingerprint density at radius 2 is 1.07 bits per heavy atom. The molecule has 2 aliphatic heterocycles. The van der Waals surface area contributed by atoms with Gasteiger partial charge < -0.3 is 43.4 Å². The van der Waals surface area contributed by atoms with E-state index in [0.29, 0.717) is 60.6 Å². The highest BCUT2D eigenvalue weighted by Crippen LogP contribution is 2.34. The van der Waals surface area contributed by atoms with Crippen LogP contribution in [0.4, 0.5) is 0 Å². The predicted octanol–water partition coefficient (Wildman–Crippen LogP) is 1.50. The first-order valence-corrected chi connectivity index (χ1v) is 12.7. The number of hydrogen-bond donors (Lipinski definition) is 4. The van der Waals surface area contributed by atoms with Crippen molar-refractivity contribution in [2.24, 2.45) is 0 Å². The number of aliphatic hydroxyl groups is 1. The topological polar surface area (TPSA) is 214 Å². The fraction of sp³-hybridized carbons (Fsp3) is 0.417. The first-order chi connectivity index (χ1) is 19.0. The largest absolute Gasteiger partial charge is 0.486 e. The third-order valence-electron chi connectivity index (χ3n) is 4.85. The Bertz CT molecular complexity index is 1190. The van der Waals surface area contributed by atoms with E-state index >= 15 is 0 Å². The third-order valence-corrected chi connectivity index (χ3v) is 4.85. The smallest absolute Gasteiger partial charge is 0.394 e. The summed E-state index contributed by atoms with van der Waals surface area (Å²) in [5, 5.41) is 15.9. The minimum absolute atomic E-state index is 0.441. The number of carbonyl (C=O) groups excluding carboxylic acids is 1. The number of carboxylic acid groups (broad SMARTS) is 1. The highest BCUT2D eigenvalue weighted by molar-refractivity contribution is 7.79. The summed E-state index contributed by atoms with van der Waals surface area (Å²) in [6.07, 6.45) is -1.72. The molecule has 2 aromatic carbocycles. The van der Waals surface area contributed by atoms with Crippen molar-refractivity contribution < 1.29 is 70.5 Å². The summed E-state index contributed by atoms with van der Waals surface area (Å²) >= 11 is 0. The van der Waals surface area contributed by atoms with Crippen LogP contribution in [0.25, 0.3) is 0 Å². The normalized spacial score (nSPS) is 14.3. The van der Waals surface area contributed by atoms with E-state index in [1.807, 2.05) is 0 Å². The van der Waals surface area contributed by atoms with Gasteiger partial charge in [0.2, 0.25) is 0 Å². The van der Waals surface area contributed by atoms with Gasteiger partial charge in [-0.25, -0.2) is 9.59 Å². The number of fused-ring (bicyclic) bond motifs is 2. The Kier molecular flexibility index (Phi) is 14.7. The highest BCUT2D eigenvalue weighted by Gasteiger charge is 2.24. The van der Waals surface area contributed by atoms with Crippen molar-refractivity contribution in [3.05, 3.63) is 47.5 Å². The number of ether oxygens (including phenoxy) is 7. The average molecular weight is 593 g/mol. The first kappa shape index (κ1) is 34.4. The van der Waals surface area contributed by atoms with Crippen molar-refractivity contribution in [3.63, 3.8) is 0 Å². The predicted molar refractivity (Wildman–Crippen MR) is 136 cm³/mol. The third kappa shape index (κ3) is 11.2. The second-order valence-corrected chi connectivity index (χ2v) is 8.24. The van der Waals surface area contributed by atoms with Gasteiger partial charge in [0.05, 0.1) is 7.11 Å². The van der Waals surface area contributed by atoms with Gasteiger partial charge in [0, 0.05) is 21.3 Å². The van der Waals surface area contributed by atoms with Gasteiger partial charge in [-0.05, 0) is 35.4 Å². The van der Waals surface area contributed by atoms with E-state index in [2.05, 4.69) is 4.74 Å². The Balaban J connectivity index is 0.000000326. The lowest BCUT2D eigenvalue weighted by atomic mass is 10.1. The van der Waals surface area contributed by atoms with Crippen LogP contribution in [0.3, 0.4) is 0 Å². The maximum absolute atomic E-state index is 11.5. The first-order valence-electron chi connectivity index (χ1n) is 11.3. The summed E-state index contributed by atoms with van der Waals surface area (Å²) in [5.41, 5.74) is 1.22. The number of hydrogen-bond acceptors (Lipinski definition) is 12. The number of carboxylic acids is 1. The van der Waals surface area contributed by atoms with Gasteiger partial charge >= 0.3 is 22.3 Å². The number of carbonyl (C=O) groups is 2. The van der Waals surface area contributed by atoms with E-state index in [4.69, 9.17) is 56.2 Å². The molecule has 0 saturated heterocycles. The molecular formula is C24H32O15S. The zero-order valence-electron chi connectivity index (χ0n) is 22.1. The summed E-state index contributed by atoms with van der Waals surface area (Å²) in [4.78, 5) is 22.4. The monoisotopic (exact) mass is 592 g/mol. The average Bonchev–Trinajstić information content (AvgIpc) is 2.94. The molecular weight excluding hydrogens is 560 g/mol. The van der Waals surface area contributed by atoms with E-state index in [1.165, 1.54) is 21.3 Å². The van der Waals surface area contributed by atoms with Crippen molar-refractivity contribution >= 4 is 22.3 Å². The fourth-order valence-corrected chi connectivity index (χ4v) is 3.30. The van der Waals surface area contributed by atoms with Crippen LogP contribution in [0.15, 0.2) is 36.4 Å². The van der Waals surface area contributed by atoms with Gasteiger partial charge in [0.25, 0.3) is 0 Å². The van der Waals surface area contributed by atoms with E-state index < -0.39 is 34.5 Å². The summed E-state index contributed by atoms with van der Waals surface area (Å²) in [6, 6.07) is 10.3. The van der Waals surface area contributed by atoms with E-state index in [1.54, 1.807) is 36.4 Å². The number of esters is 1. The zero-order chi connectivity index (χ0) is 30.3. The molecule has 2 atom stereocenters. The Morgan fingerprint density at radius 3 is 1.40 bits per heavy atom. The second kappa shape index (κ2) is 17.1. The molecule has 0 aromatic heterocycles. The maximum Gasteiger partial charge on any atom is 0.394 e. The second-order valence-electron chi connectivity index (χ2n) is 7.35. The minimum atomic E-state index is -4.67. The molecule has 0 aliphatic carbocycles. The van der Waals surface area contributed by atoms with Crippen molar-refractivity contribution in [2.75, 3.05) is 54.9 Å². The molecule has 40 heavy (non-hydrogen) atoms. The number of methoxy groups -OCH3 is 3. The lowest BCUT2D eigenvalue weighted by Crippen LogP contribution is -2.18. The number of aliphatic hydroxyl groups excluding tert-OH is 1. The molecule has 0 bridgehead atoms. The van der Waals surface area contributed by atoms with Crippen LogP contribution in [0.5, 0.6) is 23.0 Å². The molecule has 2 heterocycles. The minimum Gasteiger partial charge on any atom is -0.486 e. The van der Waals surface area contributed by atoms with Crippen molar-refractivity contribution in [1.29, 1.82) is 0 Å². The Hall–Kier alpha value is -3.67. The van der Waals surface area contributed by atoms with Gasteiger partial charge in [-0.1, -0.05) is 12.1 Å². The van der Waals surface area contributed by atoms with E-state index in [-0.39, 0.29) is 0 Å². The molecule has 2 aromatic rings. The quantitative estimate of drug-likeness (QED) is 0.276. The van der Waals surface area contributed by atoms with Crippen LogP contribution < -0.4 is 18.9 Å². The summed E-state index contributed by atoms with van der Waals surface area (Å²) < 4.78 is 67.8. The van der Waals surface area contributed by atoms with Crippen LogP contribution in [-0.4, -0.2) is 94.5 Å². The summed E-state index contributed by atoms with van der Waals surface area (Å²) in [5.74, 6) is 1.03. The molecule has 0 fully saturated rings. The van der Waals surface area contributed by atoms with Crippen LogP contribution in [-0.2, 0) is 34.2 Å². The molecule has 2 aliphatic rings. The van der Waals surface area contributed by atoms with Gasteiger partial charge in [0.15, 0.2) is 35.2 Å². The number of rotatable bonds is 6. The highest BCUT2D eigenvalue weighted by atomic mass is 32.3. The van der Waals surface area contributed by atoms with Gasteiger partial charge in [-0.15, -0.1) is 0 Å². The van der Waals surface area contributed by atoms with Crippen molar-refractivity contribution in [1.82, 2.24) is 0 Å². The lowest BCUT2D eigenvalue weighted by molar-refractivity contribution is -0.152. The molecule has 4 N–H and O–H groups in total. The van der Waals surface area contributed by atoms with Crippen LogP contribution in [0.1, 0.15) is 23.3 Å². The number of aliphatic carboxylic acids is 1. The van der Waals surface area contributed by atoms with Crippen LogP contribution in [0.2, 0.25) is 0 Å². The molecule has 0 saturated carbocycles. The van der Waals surface area contributed by atoms with Gasteiger partial charge in [0.1, 0.15) is 26.4 Å². The lowest BCUT2D eigenvalue weighted by Gasteiger charge is -2.20. The molecule has 224 valence electrons. The van der Waals surface area contributed by atoms with E-state index in [0.717, 1.165) is 7.11 Å². The Labute approximate surface area is 230 Å². The SMILES string of the molecule is CO.COC(=O)C(OC)c1ccc2c(c1)OCCO2.COC(C(=O)O)c1ccc2c(c1)OCCO2.O=S(=O)(O)O. The standard InChI is InChI=1S/C12H14O5.C11H12O5.CH4O.H2O4S/c1-14-11(12(13)15-2)8-3-4-9-10(7-8)17-6-5-16-9;1-14-10(11(12)13)7-2-3-8-9(6-7)16-5-4-15-8;1-2;1-5(2,3)4/h3-4,7,11H,5-6H2,1-2H3;2-3,6,10H,4-5H2,1H3,(H,12,13);2H,1H3;(H2,1,2,3,4). The molecule has 0 spiro atoms. The van der Waals surface area contributed by atoms with Crippen molar-refractivity contribution in [3.8, 4) is 23.0 Å². The Morgan fingerprint density at radius 1 is 0.725 bits per heavy atom. The molecule has 16 heteroatoms. The molecule has 15 nitrogen and oxygen atoms in total. The van der Waals surface area contributed by atoms with Gasteiger partial charge in [-0.2, -0.15) is 8.42 Å². The summed E-state index contributed by atoms with van der Waals surface area (Å²) in [7, 11) is 0.473. The van der Waals surface area contributed by atoms with Crippen molar-refractivity contribution in [2.45, 2.75) is 12.2 Å². The zero-order valence-corrected chi connectivity index (χ0v) is 23.0. The van der Waals surface area contributed by atoms with Crippen LogP contribution >= 0.6 is 0 Å². The molecule has 4 rings (SSSR count).